The van der Waals surface area contributed by atoms with E-state index in [4.69, 9.17) is 9.26 Å². The number of nitrogens with one attached hydrogen (secondary N) is 1. The van der Waals surface area contributed by atoms with E-state index in [1.807, 2.05) is 26.2 Å². The van der Waals surface area contributed by atoms with Crippen LogP contribution in [0, 0.1) is 5.92 Å². The van der Waals surface area contributed by atoms with E-state index in [0.29, 0.717) is 12.3 Å². The van der Waals surface area contributed by atoms with Crippen LogP contribution in [-0.4, -0.2) is 66.3 Å². The zero-order valence-corrected chi connectivity index (χ0v) is 21.7. The maximum absolute atomic E-state index is 13.5. The normalized spacial score (nSPS) is 20.8. The van der Waals surface area contributed by atoms with Gasteiger partial charge in [-0.3, -0.25) is 9.36 Å². The molecule has 188 valence electrons. The summed E-state index contributed by atoms with van der Waals surface area (Å²) in [5, 5.41) is 23.9. The molecule has 3 unspecified atom stereocenters. The zero-order valence-electron chi connectivity index (χ0n) is 20.8. The number of methoxy groups -OCH3 is 1. The molecule has 8 nitrogen and oxygen atoms in total. The molecule has 1 aliphatic rings. The predicted molar refractivity (Wildman–Crippen MR) is 130 cm³/mol. The van der Waals surface area contributed by atoms with E-state index >= 15 is 0 Å². The lowest BCUT2D eigenvalue weighted by Gasteiger charge is -2.41. The summed E-state index contributed by atoms with van der Waals surface area (Å²) in [5.41, 5.74) is -1.21. The molecule has 9 heteroatoms. The molecule has 3 atom stereocenters. The van der Waals surface area contributed by atoms with Crippen LogP contribution in [0.4, 0.5) is 0 Å². The van der Waals surface area contributed by atoms with E-state index in [-0.39, 0.29) is 18.2 Å². The summed E-state index contributed by atoms with van der Waals surface area (Å²) in [4.78, 5) is 14.0. The van der Waals surface area contributed by atoms with Crippen LogP contribution in [0.2, 0.25) is 0 Å². The van der Waals surface area contributed by atoms with Crippen molar-refractivity contribution < 1.29 is 28.8 Å². The first-order valence-electron chi connectivity index (χ1n) is 11.6. The molecule has 1 aromatic carbocycles. The molecule has 0 heterocycles. The molecule has 2 rings (SSSR count). The van der Waals surface area contributed by atoms with E-state index in [9.17, 15) is 19.6 Å². The average Bonchev–Trinajstić information content (AvgIpc) is 2.72. The summed E-state index contributed by atoms with van der Waals surface area (Å²) >= 11 is 0. The van der Waals surface area contributed by atoms with E-state index < -0.39 is 24.6 Å². The topological polar surface area (TPSA) is 108 Å². The fourth-order valence-electron chi connectivity index (χ4n) is 4.42. The first-order valence-corrected chi connectivity index (χ1v) is 13.4. The molecule has 1 fully saturated rings. The largest absolute Gasteiger partial charge is 0.480 e. The van der Waals surface area contributed by atoms with Crippen LogP contribution >= 0.6 is 7.52 Å². The third-order valence-corrected chi connectivity index (χ3v) is 8.66. The number of likely N-dealkylation sites (N-methyl/N-ethyl adjacent to an activating group) is 1. The highest BCUT2D eigenvalue weighted by Gasteiger charge is 2.44. The number of rotatable bonds is 12. The van der Waals surface area contributed by atoms with Gasteiger partial charge in [0.25, 0.3) is 0 Å². The number of hydrogen-bond donors (Lipinski definition) is 3. The summed E-state index contributed by atoms with van der Waals surface area (Å²) in [6.45, 7) is 5.69. The quantitative estimate of drug-likeness (QED) is 0.377. The van der Waals surface area contributed by atoms with Gasteiger partial charge in [0.2, 0.25) is 0 Å². The molecule has 3 N–H and O–H groups in total. The minimum absolute atomic E-state index is 0.0537. The molecular formula is C24H41N2O6P. The van der Waals surface area contributed by atoms with Gasteiger partial charge in [-0.15, -0.1) is 0 Å². The minimum Gasteiger partial charge on any atom is -0.480 e. The fraction of sp³-hybridized carbons (Fsp3) is 0.708. The number of ether oxygens (including phenoxy) is 1. The van der Waals surface area contributed by atoms with Gasteiger partial charge in [-0.25, -0.2) is 5.09 Å². The van der Waals surface area contributed by atoms with Crippen molar-refractivity contribution in [3.8, 4) is 5.75 Å². The summed E-state index contributed by atoms with van der Waals surface area (Å²) in [6.07, 6.45) is 4.47. The SMILES string of the molecule is COCP(=O)(NC(C)(C(=O)O)C(C)C)Oc1ccc(C(CN(C)C)C2(O)CCCCC2)cc1. The van der Waals surface area contributed by atoms with Crippen LogP contribution in [0.25, 0.3) is 0 Å². The van der Waals surface area contributed by atoms with Gasteiger partial charge < -0.3 is 24.4 Å². The van der Waals surface area contributed by atoms with Crippen LogP contribution in [0.15, 0.2) is 24.3 Å². The Hall–Kier alpha value is -1.44. The lowest BCUT2D eigenvalue weighted by molar-refractivity contribution is -0.145. The monoisotopic (exact) mass is 484 g/mol. The average molecular weight is 485 g/mol. The van der Waals surface area contributed by atoms with Crippen LogP contribution in [-0.2, 0) is 14.1 Å². The molecule has 0 radical (unpaired) electrons. The Morgan fingerprint density at radius 3 is 2.24 bits per heavy atom. The fourth-order valence-corrected chi connectivity index (χ4v) is 6.45. The maximum atomic E-state index is 13.5. The number of carboxylic acids is 1. The van der Waals surface area contributed by atoms with Crippen molar-refractivity contribution in [3.63, 3.8) is 0 Å². The third-order valence-electron chi connectivity index (χ3n) is 6.75. The second-order valence-electron chi connectivity index (χ2n) is 10.0. The second kappa shape index (κ2) is 11.3. The van der Waals surface area contributed by atoms with Crippen LogP contribution in [0.3, 0.4) is 0 Å². The number of hydrogen-bond acceptors (Lipinski definition) is 6. The highest BCUT2D eigenvalue weighted by molar-refractivity contribution is 7.57. The predicted octanol–water partition coefficient (Wildman–Crippen LogP) is 4.29. The number of carboxylic acid groups (broad SMARTS) is 1. The molecule has 0 aliphatic heterocycles. The number of aliphatic hydroxyl groups is 1. The third kappa shape index (κ3) is 7.03. The zero-order chi connectivity index (χ0) is 24.9. The minimum atomic E-state index is -3.68. The summed E-state index contributed by atoms with van der Waals surface area (Å²) in [5.74, 6) is -1.15. The standard InChI is InChI=1S/C24H41N2O6P/c1-18(2)23(3,22(27)28)25-33(30,17-31-6)32-20-12-10-19(11-13-20)21(16-26(4)5)24(29)14-8-7-9-15-24/h10-13,18,21,29H,7-9,14-17H2,1-6H3,(H,25,30)(H,27,28). The van der Waals surface area contributed by atoms with E-state index in [1.54, 1.807) is 26.0 Å². The number of nitrogens with zero attached hydrogens (tertiary/aromatic N) is 1. The molecule has 0 spiro atoms. The maximum Gasteiger partial charge on any atom is 0.342 e. The Morgan fingerprint density at radius 1 is 1.21 bits per heavy atom. The molecule has 0 amide bonds. The van der Waals surface area contributed by atoms with Gasteiger partial charge in [0.05, 0.1) is 5.60 Å². The van der Waals surface area contributed by atoms with Gasteiger partial charge in [0.1, 0.15) is 17.6 Å². The van der Waals surface area contributed by atoms with Gasteiger partial charge in [-0.05, 0) is 57.5 Å². The van der Waals surface area contributed by atoms with Gasteiger partial charge in [0, 0.05) is 19.6 Å². The second-order valence-corrected chi connectivity index (χ2v) is 12.0. The van der Waals surface area contributed by atoms with Crippen molar-refractivity contribution in [1.29, 1.82) is 0 Å². The number of aliphatic carboxylic acids is 1. The van der Waals surface area contributed by atoms with Crippen molar-refractivity contribution in [2.75, 3.05) is 34.1 Å². The van der Waals surface area contributed by atoms with Crippen molar-refractivity contribution >= 4 is 13.5 Å². The lowest BCUT2D eigenvalue weighted by atomic mass is 9.72. The summed E-state index contributed by atoms with van der Waals surface area (Å²) in [7, 11) is 1.71. The van der Waals surface area contributed by atoms with E-state index in [2.05, 4.69) is 9.99 Å². The van der Waals surface area contributed by atoms with E-state index in [0.717, 1.165) is 37.7 Å². The Morgan fingerprint density at radius 2 is 1.79 bits per heavy atom. The van der Waals surface area contributed by atoms with Gasteiger partial charge in [-0.1, -0.05) is 45.2 Å². The van der Waals surface area contributed by atoms with Crippen molar-refractivity contribution in [1.82, 2.24) is 9.99 Å². The smallest absolute Gasteiger partial charge is 0.342 e. The Kier molecular flexibility index (Phi) is 9.54. The molecule has 0 bridgehead atoms. The highest BCUT2D eigenvalue weighted by atomic mass is 31.2. The Labute approximate surface area is 198 Å². The Balaban J connectivity index is 2.28. The highest BCUT2D eigenvalue weighted by Crippen LogP contribution is 2.47. The van der Waals surface area contributed by atoms with Crippen LogP contribution in [0.5, 0.6) is 5.75 Å². The summed E-state index contributed by atoms with van der Waals surface area (Å²) < 4.78 is 24.4. The first-order chi connectivity index (χ1) is 15.3. The molecule has 1 aromatic rings. The van der Waals surface area contributed by atoms with E-state index in [1.165, 1.54) is 14.0 Å². The van der Waals surface area contributed by atoms with Gasteiger partial charge in [0.15, 0.2) is 0 Å². The van der Waals surface area contributed by atoms with Gasteiger partial charge >= 0.3 is 13.5 Å². The van der Waals surface area contributed by atoms with Crippen LogP contribution in [0.1, 0.15) is 64.4 Å². The number of benzene rings is 1. The molecular weight excluding hydrogens is 443 g/mol. The number of carbonyl (C=O) groups is 1. The van der Waals surface area contributed by atoms with Crippen molar-refractivity contribution in [2.45, 2.75) is 69.9 Å². The van der Waals surface area contributed by atoms with Gasteiger partial charge in [-0.2, -0.15) is 0 Å². The van der Waals surface area contributed by atoms with Crippen LogP contribution < -0.4 is 9.61 Å². The Bertz CT molecular complexity index is 823. The first kappa shape index (κ1) is 27.8. The van der Waals surface area contributed by atoms with Crippen molar-refractivity contribution in [2.24, 2.45) is 5.92 Å². The molecule has 0 aromatic heterocycles. The molecule has 1 saturated carbocycles. The molecule has 1 aliphatic carbocycles. The lowest BCUT2D eigenvalue weighted by Crippen LogP contribution is -2.52. The molecule has 33 heavy (non-hydrogen) atoms. The van der Waals surface area contributed by atoms with Crippen molar-refractivity contribution in [3.05, 3.63) is 29.8 Å². The summed E-state index contributed by atoms with van der Waals surface area (Å²) in [6, 6.07) is 7.24. The molecule has 0 saturated heterocycles.